The van der Waals surface area contributed by atoms with Crippen LogP contribution in [0.15, 0.2) is 66.7 Å². The molecule has 1 amide bonds. The molecule has 0 spiro atoms. The highest BCUT2D eigenvalue weighted by Gasteiger charge is 2.35. The number of H-pyrrole nitrogens is 1. The number of hydrogen-bond donors (Lipinski definition) is 3. The number of nitrogens with zero attached hydrogens (tertiary/aromatic N) is 1. The highest BCUT2D eigenvalue weighted by Crippen LogP contribution is 2.38. The van der Waals surface area contributed by atoms with E-state index in [-0.39, 0.29) is 24.0 Å². The van der Waals surface area contributed by atoms with Gasteiger partial charge < -0.3 is 15.2 Å². The van der Waals surface area contributed by atoms with Crippen LogP contribution >= 0.6 is 11.6 Å². The smallest absolute Gasteiger partial charge is 0.251 e. The van der Waals surface area contributed by atoms with Crippen molar-refractivity contribution in [2.24, 2.45) is 23.7 Å². The summed E-state index contributed by atoms with van der Waals surface area (Å²) in [6.07, 6.45) is 3.60. The van der Waals surface area contributed by atoms with Crippen LogP contribution in [-0.2, 0) is 11.2 Å². The fraction of sp³-hybridized carbons (Fsp3) is 0.412. The number of hydrogen-bond acceptors (Lipinski definition) is 4. The third-order valence-corrected chi connectivity index (χ3v) is 9.26. The Morgan fingerprint density at radius 3 is 2.66 bits per heavy atom. The number of benzene rings is 3. The Balaban J connectivity index is 1.20. The molecule has 1 aliphatic carbocycles. The van der Waals surface area contributed by atoms with Gasteiger partial charge in [-0.05, 0) is 84.7 Å². The highest BCUT2D eigenvalue weighted by molar-refractivity contribution is 6.31. The number of ether oxygens (including phenoxy) is 1. The molecule has 3 N–H and O–H groups in total. The third kappa shape index (κ3) is 6.06. The van der Waals surface area contributed by atoms with Crippen LogP contribution in [0.4, 0.5) is 0 Å². The molecule has 0 radical (unpaired) electrons. The van der Waals surface area contributed by atoms with Gasteiger partial charge in [0, 0.05) is 34.7 Å². The monoisotopic (exact) mass is 571 g/mol. The molecule has 6 rings (SSSR count). The van der Waals surface area contributed by atoms with E-state index in [0.29, 0.717) is 28.3 Å². The predicted octanol–water partition coefficient (Wildman–Crippen LogP) is 6.98. The van der Waals surface area contributed by atoms with Crippen LogP contribution in [0.25, 0.3) is 22.2 Å². The fourth-order valence-electron chi connectivity index (χ4n) is 6.75. The summed E-state index contributed by atoms with van der Waals surface area (Å²) in [6, 6.07) is 21.7. The molecule has 5 unspecified atom stereocenters. The zero-order valence-electron chi connectivity index (χ0n) is 23.6. The number of aromatic amines is 1. The second-order valence-electron chi connectivity index (χ2n) is 12.2. The quantitative estimate of drug-likeness (QED) is 0.223. The van der Waals surface area contributed by atoms with Gasteiger partial charge in [-0.1, -0.05) is 67.9 Å². The van der Waals surface area contributed by atoms with E-state index in [1.54, 1.807) is 0 Å². The summed E-state index contributed by atoms with van der Waals surface area (Å²) < 4.78 is 5.92. The average Bonchev–Trinajstić information content (AvgIpc) is 3.21. The lowest BCUT2D eigenvalue weighted by Gasteiger charge is -2.24. The van der Waals surface area contributed by atoms with Gasteiger partial charge in [0.2, 0.25) is 0 Å². The SMILES string of the molecule is CC(C)C(NC(=O)c1ccc2[nH]nc(-c3ccc(CC4CC5COCC4CC(O)C5)cc3)c2c1)c1ccccc1Cl. The van der Waals surface area contributed by atoms with Crippen molar-refractivity contribution in [1.82, 2.24) is 15.5 Å². The number of carbonyl (C=O) groups is 1. The van der Waals surface area contributed by atoms with Crippen molar-refractivity contribution >= 4 is 28.4 Å². The Labute approximate surface area is 246 Å². The molecule has 1 aliphatic heterocycles. The maximum Gasteiger partial charge on any atom is 0.251 e. The van der Waals surface area contributed by atoms with E-state index in [4.69, 9.17) is 16.3 Å². The van der Waals surface area contributed by atoms with Gasteiger partial charge in [0.25, 0.3) is 5.91 Å². The summed E-state index contributed by atoms with van der Waals surface area (Å²) in [7, 11) is 0. The van der Waals surface area contributed by atoms with E-state index in [1.807, 2.05) is 42.5 Å². The van der Waals surface area contributed by atoms with Gasteiger partial charge in [-0.15, -0.1) is 0 Å². The van der Waals surface area contributed by atoms with E-state index in [1.165, 1.54) is 5.56 Å². The van der Waals surface area contributed by atoms with Gasteiger partial charge in [-0.25, -0.2) is 0 Å². The largest absolute Gasteiger partial charge is 0.393 e. The first-order valence-corrected chi connectivity index (χ1v) is 15.1. The molecule has 214 valence electrons. The first-order chi connectivity index (χ1) is 19.9. The molecule has 2 fully saturated rings. The topological polar surface area (TPSA) is 87.2 Å². The van der Waals surface area contributed by atoms with Crippen molar-refractivity contribution in [3.05, 3.63) is 88.4 Å². The molecule has 41 heavy (non-hydrogen) atoms. The Bertz CT molecular complexity index is 1520. The summed E-state index contributed by atoms with van der Waals surface area (Å²) in [5.74, 6) is 1.41. The van der Waals surface area contributed by atoms with Crippen LogP contribution in [-0.4, -0.2) is 40.5 Å². The van der Waals surface area contributed by atoms with Crippen LogP contribution in [0.5, 0.6) is 0 Å². The number of amides is 1. The Morgan fingerprint density at radius 1 is 1.07 bits per heavy atom. The van der Waals surface area contributed by atoms with Crippen molar-refractivity contribution < 1.29 is 14.6 Å². The molecule has 2 heterocycles. The molecule has 7 heteroatoms. The summed E-state index contributed by atoms with van der Waals surface area (Å²) in [6.45, 7) is 5.68. The minimum atomic E-state index is -0.203. The highest BCUT2D eigenvalue weighted by atomic mass is 35.5. The second kappa shape index (κ2) is 12.0. The minimum absolute atomic E-state index is 0.143. The molecule has 2 bridgehead atoms. The standard InChI is InChI=1S/C34H38ClN3O3/c1-20(2)32(28-5-3-4-6-30(28)35)36-34(40)24-11-12-31-29(17-24)33(38-37-31)23-9-7-21(8-10-23)13-25-14-22-15-27(39)16-26(25)19-41-18-22/h3-12,17,20,22,25-27,32,39H,13-16,18-19H2,1-2H3,(H,36,40)(H,37,38). The van der Waals surface area contributed by atoms with Gasteiger partial charge in [-0.2, -0.15) is 5.10 Å². The van der Waals surface area contributed by atoms with E-state index < -0.39 is 0 Å². The number of fused-ring (bicyclic) bond motifs is 4. The van der Waals surface area contributed by atoms with Crippen molar-refractivity contribution in [3.8, 4) is 11.3 Å². The molecule has 1 saturated carbocycles. The Morgan fingerprint density at radius 2 is 1.88 bits per heavy atom. The number of halogens is 1. The molecule has 1 aromatic heterocycles. The lowest BCUT2D eigenvalue weighted by Crippen LogP contribution is -2.31. The number of carbonyl (C=O) groups excluding carboxylic acids is 1. The zero-order chi connectivity index (χ0) is 28.5. The zero-order valence-corrected chi connectivity index (χ0v) is 24.4. The number of nitrogens with one attached hydrogen (secondary N) is 2. The van der Waals surface area contributed by atoms with Crippen LogP contribution in [0, 0.1) is 23.7 Å². The Kier molecular flexibility index (Phi) is 8.16. The third-order valence-electron chi connectivity index (χ3n) is 8.91. The normalized spacial score (nSPS) is 23.3. The van der Waals surface area contributed by atoms with Crippen LogP contribution in [0.2, 0.25) is 5.02 Å². The molecule has 2 aliphatic rings. The van der Waals surface area contributed by atoms with E-state index >= 15 is 0 Å². The maximum atomic E-state index is 13.4. The van der Waals surface area contributed by atoms with Gasteiger partial charge >= 0.3 is 0 Å². The predicted molar refractivity (Wildman–Crippen MR) is 163 cm³/mol. The minimum Gasteiger partial charge on any atom is -0.393 e. The fourth-order valence-corrected chi connectivity index (χ4v) is 7.00. The number of aromatic nitrogens is 2. The molecular formula is C34H38ClN3O3. The molecule has 5 atom stereocenters. The summed E-state index contributed by atoms with van der Waals surface area (Å²) >= 11 is 6.47. The molecular weight excluding hydrogens is 534 g/mol. The molecule has 6 nitrogen and oxygen atoms in total. The van der Waals surface area contributed by atoms with Gasteiger partial charge in [-0.3, -0.25) is 9.89 Å². The lowest BCUT2D eigenvalue weighted by atomic mass is 9.82. The summed E-state index contributed by atoms with van der Waals surface area (Å²) in [5, 5.41) is 22.9. The van der Waals surface area contributed by atoms with E-state index in [0.717, 1.165) is 66.6 Å². The first-order valence-electron chi connectivity index (χ1n) is 14.7. The number of aliphatic hydroxyl groups excluding tert-OH is 1. The number of aliphatic hydroxyl groups is 1. The van der Waals surface area contributed by atoms with Gasteiger partial charge in [0.15, 0.2) is 0 Å². The Hall–Kier alpha value is -3.19. The number of rotatable bonds is 7. The van der Waals surface area contributed by atoms with Crippen LogP contribution < -0.4 is 5.32 Å². The van der Waals surface area contributed by atoms with E-state index in [2.05, 4.69) is 53.6 Å². The van der Waals surface area contributed by atoms with Crippen molar-refractivity contribution in [3.63, 3.8) is 0 Å². The molecule has 4 aromatic rings. The van der Waals surface area contributed by atoms with Crippen molar-refractivity contribution in [2.75, 3.05) is 13.2 Å². The van der Waals surface area contributed by atoms with Crippen LogP contribution in [0.1, 0.15) is 60.6 Å². The van der Waals surface area contributed by atoms with E-state index in [9.17, 15) is 9.90 Å². The maximum absolute atomic E-state index is 13.4. The molecule has 3 aromatic carbocycles. The van der Waals surface area contributed by atoms with Crippen LogP contribution in [0.3, 0.4) is 0 Å². The van der Waals surface area contributed by atoms with Crippen molar-refractivity contribution in [2.45, 2.75) is 51.7 Å². The molecule has 1 saturated heterocycles. The second-order valence-corrected chi connectivity index (χ2v) is 12.6. The first kappa shape index (κ1) is 28.0. The average molecular weight is 572 g/mol. The lowest BCUT2D eigenvalue weighted by molar-refractivity contribution is 0.0244. The van der Waals surface area contributed by atoms with Crippen molar-refractivity contribution in [1.29, 1.82) is 0 Å². The van der Waals surface area contributed by atoms with Gasteiger partial charge in [0.1, 0.15) is 0 Å². The summed E-state index contributed by atoms with van der Waals surface area (Å²) in [5.41, 5.74) is 5.51. The van der Waals surface area contributed by atoms with Gasteiger partial charge in [0.05, 0.1) is 23.4 Å². The summed E-state index contributed by atoms with van der Waals surface area (Å²) in [4.78, 5) is 13.4.